The van der Waals surface area contributed by atoms with E-state index in [1.807, 2.05) is 0 Å². The van der Waals surface area contributed by atoms with Gasteiger partial charge in [0.15, 0.2) is 0 Å². The van der Waals surface area contributed by atoms with Gasteiger partial charge in [0.25, 0.3) is 5.91 Å². The molecule has 0 radical (unpaired) electrons. The highest BCUT2D eigenvalue weighted by Crippen LogP contribution is 2.04. The first-order valence-corrected chi connectivity index (χ1v) is 5.02. The predicted molar refractivity (Wildman–Crippen MR) is 56.5 cm³/mol. The molecule has 0 spiro atoms. The van der Waals surface area contributed by atoms with E-state index in [2.05, 4.69) is 17.2 Å². The van der Waals surface area contributed by atoms with Crippen LogP contribution in [0.5, 0.6) is 0 Å². The van der Waals surface area contributed by atoms with E-state index >= 15 is 0 Å². The molecule has 0 fully saturated rings. The van der Waals surface area contributed by atoms with E-state index in [1.165, 1.54) is 0 Å². The van der Waals surface area contributed by atoms with Crippen LogP contribution in [-0.4, -0.2) is 17.4 Å². The van der Waals surface area contributed by atoms with Crippen LogP contribution < -0.4 is 5.32 Å². The monoisotopic (exact) mass is 212 g/mol. The summed E-state index contributed by atoms with van der Waals surface area (Å²) in [5.74, 6) is -0.166. The molecule has 0 bridgehead atoms. The molecule has 1 rings (SSSR count). The molecule has 3 nitrogen and oxygen atoms in total. The number of unbranched alkanes of at least 4 members (excludes halogenated alkanes) is 1. The number of carbonyl (C=O) groups excluding carboxylic acids is 1. The van der Waals surface area contributed by atoms with E-state index in [0.717, 1.165) is 12.8 Å². The minimum Gasteiger partial charge on any atom is -0.351 e. The van der Waals surface area contributed by atoms with Gasteiger partial charge in [0.05, 0.1) is 0 Å². The van der Waals surface area contributed by atoms with Crippen LogP contribution in [0, 0.1) is 0 Å². The van der Waals surface area contributed by atoms with Crippen molar-refractivity contribution in [2.75, 3.05) is 6.54 Å². The van der Waals surface area contributed by atoms with Gasteiger partial charge in [-0.15, -0.1) is 0 Å². The molecule has 1 amide bonds. The van der Waals surface area contributed by atoms with E-state index in [9.17, 15) is 4.79 Å². The molecular formula is C10H13ClN2O. The molecule has 14 heavy (non-hydrogen) atoms. The third-order valence-corrected chi connectivity index (χ3v) is 1.97. The number of amides is 1. The maximum atomic E-state index is 11.4. The van der Waals surface area contributed by atoms with E-state index in [4.69, 9.17) is 11.6 Å². The average Bonchev–Trinajstić information content (AvgIpc) is 2.18. The third kappa shape index (κ3) is 3.34. The number of halogens is 1. The molecule has 0 aromatic carbocycles. The Bertz CT molecular complexity index is 315. The summed E-state index contributed by atoms with van der Waals surface area (Å²) in [4.78, 5) is 15.3. The molecule has 0 saturated carbocycles. The lowest BCUT2D eigenvalue weighted by atomic mass is 10.3. The second-order valence-corrected chi connectivity index (χ2v) is 3.34. The second kappa shape index (κ2) is 5.60. The van der Waals surface area contributed by atoms with E-state index in [-0.39, 0.29) is 5.91 Å². The first-order chi connectivity index (χ1) is 6.74. The second-order valence-electron chi connectivity index (χ2n) is 2.96. The number of hydrogen-bond acceptors (Lipinski definition) is 2. The van der Waals surface area contributed by atoms with Crippen molar-refractivity contribution in [2.45, 2.75) is 19.8 Å². The zero-order valence-electron chi connectivity index (χ0n) is 8.09. The van der Waals surface area contributed by atoms with Gasteiger partial charge in [0, 0.05) is 6.54 Å². The first-order valence-electron chi connectivity index (χ1n) is 4.64. The van der Waals surface area contributed by atoms with Gasteiger partial charge in [0.2, 0.25) is 0 Å². The standard InChI is InChI=1S/C10H13ClN2O/c1-2-3-7-12-10(14)8-5-4-6-9(11)13-8/h4-6H,2-3,7H2,1H3,(H,12,14). The predicted octanol–water partition coefficient (Wildman–Crippen LogP) is 2.26. The number of aromatic nitrogens is 1. The highest BCUT2D eigenvalue weighted by atomic mass is 35.5. The maximum absolute atomic E-state index is 11.4. The fourth-order valence-corrected chi connectivity index (χ4v) is 1.17. The Morgan fingerprint density at radius 2 is 2.36 bits per heavy atom. The summed E-state index contributed by atoms with van der Waals surface area (Å²) in [7, 11) is 0. The van der Waals surface area contributed by atoms with Crippen molar-refractivity contribution in [2.24, 2.45) is 0 Å². The zero-order chi connectivity index (χ0) is 10.4. The molecular weight excluding hydrogens is 200 g/mol. The summed E-state index contributed by atoms with van der Waals surface area (Å²) >= 11 is 5.66. The molecule has 4 heteroatoms. The molecule has 1 N–H and O–H groups in total. The van der Waals surface area contributed by atoms with E-state index in [0.29, 0.717) is 17.4 Å². The largest absolute Gasteiger partial charge is 0.351 e. The van der Waals surface area contributed by atoms with Crippen LogP contribution in [0.2, 0.25) is 5.15 Å². The van der Waals surface area contributed by atoms with Crippen molar-refractivity contribution in [3.05, 3.63) is 29.0 Å². The van der Waals surface area contributed by atoms with Gasteiger partial charge in [-0.1, -0.05) is 31.0 Å². The quantitative estimate of drug-likeness (QED) is 0.615. The normalized spacial score (nSPS) is 9.86. The van der Waals surface area contributed by atoms with Gasteiger partial charge in [-0.25, -0.2) is 4.98 Å². The van der Waals surface area contributed by atoms with Crippen LogP contribution in [0.4, 0.5) is 0 Å². The van der Waals surface area contributed by atoms with Crippen molar-refractivity contribution < 1.29 is 4.79 Å². The SMILES string of the molecule is CCCCNC(=O)c1cccc(Cl)n1. The number of hydrogen-bond donors (Lipinski definition) is 1. The van der Waals surface area contributed by atoms with Crippen molar-refractivity contribution in [3.8, 4) is 0 Å². The molecule has 0 atom stereocenters. The van der Waals surface area contributed by atoms with Crippen LogP contribution in [-0.2, 0) is 0 Å². The van der Waals surface area contributed by atoms with Crippen LogP contribution in [0.15, 0.2) is 18.2 Å². The molecule has 76 valence electrons. The average molecular weight is 213 g/mol. The number of nitrogens with zero attached hydrogens (tertiary/aromatic N) is 1. The summed E-state index contributed by atoms with van der Waals surface area (Å²) in [5.41, 5.74) is 0.369. The van der Waals surface area contributed by atoms with Crippen molar-refractivity contribution >= 4 is 17.5 Å². The Labute approximate surface area is 88.5 Å². The summed E-state index contributed by atoms with van der Waals surface area (Å²) in [6.07, 6.45) is 2.04. The third-order valence-electron chi connectivity index (χ3n) is 1.76. The Hall–Kier alpha value is -1.09. The lowest BCUT2D eigenvalue weighted by Crippen LogP contribution is -2.25. The minimum atomic E-state index is -0.166. The Kier molecular flexibility index (Phi) is 4.40. The van der Waals surface area contributed by atoms with Gasteiger partial charge >= 0.3 is 0 Å². The topological polar surface area (TPSA) is 42.0 Å². The molecule has 0 saturated heterocycles. The van der Waals surface area contributed by atoms with Gasteiger partial charge in [0.1, 0.15) is 10.8 Å². The van der Waals surface area contributed by atoms with Gasteiger partial charge in [-0.3, -0.25) is 4.79 Å². The molecule has 0 aliphatic carbocycles. The lowest BCUT2D eigenvalue weighted by molar-refractivity contribution is 0.0948. The number of rotatable bonds is 4. The molecule has 0 aliphatic rings. The molecule has 1 heterocycles. The van der Waals surface area contributed by atoms with Crippen molar-refractivity contribution in [1.82, 2.24) is 10.3 Å². The maximum Gasteiger partial charge on any atom is 0.269 e. The Balaban J connectivity index is 2.52. The molecule has 1 aromatic heterocycles. The van der Waals surface area contributed by atoms with Crippen molar-refractivity contribution in [3.63, 3.8) is 0 Å². The highest BCUT2D eigenvalue weighted by molar-refractivity contribution is 6.29. The Morgan fingerprint density at radius 1 is 1.57 bits per heavy atom. The number of nitrogens with one attached hydrogen (secondary N) is 1. The summed E-state index contributed by atoms with van der Waals surface area (Å²) < 4.78 is 0. The fourth-order valence-electron chi connectivity index (χ4n) is 1.00. The van der Waals surface area contributed by atoms with Crippen molar-refractivity contribution in [1.29, 1.82) is 0 Å². The summed E-state index contributed by atoms with van der Waals surface area (Å²) in [6.45, 7) is 2.76. The van der Waals surface area contributed by atoms with Gasteiger partial charge in [-0.2, -0.15) is 0 Å². The number of carbonyl (C=O) groups is 1. The van der Waals surface area contributed by atoms with Gasteiger partial charge in [-0.05, 0) is 18.6 Å². The molecule has 0 unspecified atom stereocenters. The first kappa shape index (κ1) is 11.0. The van der Waals surface area contributed by atoms with Crippen LogP contribution in [0.1, 0.15) is 30.3 Å². The van der Waals surface area contributed by atoms with E-state index in [1.54, 1.807) is 18.2 Å². The summed E-state index contributed by atoms with van der Waals surface area (Å²) in [5, 5.41) is 3.11. The van der Waals surface area contributed by atoms with E-state index < -0.39 is 0 Å². The smallest absolute Gasteiger partial charge is 0.269 e. The summed E-state index contributed by atoms with van der Waals surface area (Å²) in [6, 6.07) is 5.00. The molecule has 0 aliphatic heterocycles. The number of pyridine rings is 1. The lowest BCUT2D eigenvalue weighted by Gasteiger charge is -2.03. The van der Waals surface area contributed by atoms with Gasteiger partial charge < -0.3 is 5.32 Å². The zero-order valence-corrected chi connectivity index (χ0v) is 8.84. The Morgan fingerprint density at radius 3 is 3.00 bits per heavy atom. The van der Waals surface area contributed by atoms with Crippen LogP contribution in [0.3, 0.4) is 0 Å². The minimum absolute atomic E-state index is 0.166. The fraction of sp³-hybridized carbons (Fsp3) is 0.400. The highest BCUT2D eigenvalue weighted by Gasteiger charge is 2.05. The molecule has 1 aromatic rings. The van der Waals surface area contributed by atoms with Crippen LogP contribution in [0.25, 0.3) is 0 Å². The van der Waals surface area contributed by atoms with Crippen LogP contribution >= 0.6 is 11.6 Å².